The molecule has 1 aliphatic carbocycles. The number of hydrogen-bond acceptors (Lipinski definition) is 2. The zero-order valence-electron chi connectivity index (χ0n) is 12.1. The van der Waals surface area contributed by atoms with Gasteiger partial charge in [-0.25, -0.2) is 0 Å². The first-order chi connectivity index (χ1) is 9.19. The Bertz CT molecular complexity index is 451. The van der Waals surface area contributed by atoms with Gasteiger partial charge >= 0.3 is 0 Å². The van der Waals surface area contributed by atoms with Crippen molar-refractivity contribution in [1.29, 1.82) is 5.26 Å². The number of rotatable bonds is 4. The fraction of sp³-hybridized carbons (Fsp3) is 0.588. The second-order valence-electron chi connectivity index (χ2n) is 5.87. The normalized spacial score (nSPS) is 26.7. The summed E-state index contributed by atoms with van der Waals surface area (Å²) in [5, 5.41) is 13.1. The molecule has 1 aromatic rings. The molecule has 0 amide bonds. The Balaban J connectivity index is 2.05. The zero-order valence-corrected chi connectivity index (χ0v) is 12.1. The van der Waals surface area contributed by atoms with E-state index in [9.17, 15) is 5.26 Å². The topological polar surface area (TPSA) is 35.8 Å². The summed E-state index contributed by atoms with van der Waals surface area (Å²) in [7, 11) is 0. The molecule has 19 heavy (non-hydrogen) atoms. The lowest BCUT2D eigenvalue weighted by Gasteiger charge is -2.36. The van der Waals surface area contributed by atoms with Crippen molar-refractivity contribution < 1.29 is 0 Å². The Morgan fingerprint density at radius 3 is 2.58 bits per heavy atom. The third kappa shape index (κ3) is 3.29. The van der Waals surface area contributed by atoms with Gasteiger partial charge < -0.3 is 5.32 Å². The summed E-state index contributed by atoms with van der Waals surface area (Å²) in [6, 6.07) is 10.8. The average molecular weight is 256 g/mol. The molecule has 1 saturated carbocycles. The highest BCUT2D eigenvalue weighted by Crippen LogP contribution is 2.36. The second kappa shape index (κ2) is 6.10. The predicted molar refractivity (Wildman–Crippen MR) is 80.0 cm³/mol. The lowest BCUT2D eigenvalue weighted by atomic mass is 9.75. The van der Waals surface area contributed by atoms with Crippen LogP contribution in [0.1, 0.15) is 51.0 Å². The molecule has 1 aromatic carbocycles. The van der Waals surface area contributed by atoms with E-state index >= 15 is 0 Å². The molecule has 2 heteroatoms. The van der Waals surface area contributed by atoms with Gasteiger partial charge in [-0.15, -0.1) is 0 Å². The van der Waals surface area contributed by atoms with Crippen molar-refractivity contribution in [3.8, 4) is 6.07 Å². The molecular weight excluding hydrogens is 232 g/mol. The van der Waals surface area contributed by atoms with Gasteiger partial charge in [0.2, 0.25) is 0 Å². The van der Waals surface area contributed by atoms with E-state index in [4.69, 9.17) is 0 Å². The first-order valence-electron chi connectivity index (χ1n) is 7.44. The minimum absolute atomic E-state index is 0.351. The van der Waals surface area contributed by atoms with Crippen molar-refractivity contribution >= 4 is 5.69 Å². The van der Waals surface area contributed by atoms with E-state index in [-0.39, 0.29) is 5.54 Å². The molecular formula is C17H24N2. The van der Waals surface area contributed by atoms with E-state index in [1.165, 1.54) is 31.2 Å². The molecule has 0 bridgehead atoms. The summed E-state index contributed by atoms with van der Waals surface area (Å²) >= 11 is 0. The van der Waals surface area contributed by atoms with Crippen LogP contribution in [0.5, 0.6) is 0 Å². The molecule has 0 aromatic heterocycles. The number of nitrogens with zero attached hydrogens (tertiary/aromatic N) is 1. The molecule has 102 valence electrons. The van der Waals surface area contributed by atoms with Crippen LogP contribution in [0.15, 0.2) is 24.3 Å². The summed E-state index contributed by atoms with van der Waals surface area (Å²) in [4.78, 5) is 0. The number of nitrogens with one attached hydrogen (secondary N) is 1. The molecule has 2 rings (SSSR count). The summed E-state index contributed by atoms with van der Waals surface area (Å²) in [6.07, 6.45) is 6.88. The van der Waals surface area contributed by atoms with E-state index in [0.717, 1.165) is 24.4 Å². The molecule has 1 aliphatic rings. The van der Waals surface area contributed by atoms with Crippen molar-refractivity contribution in [3.05, 3.63) is 29.8 Å². The highest BCUT2D eigenvalue weighted by molar-refractivity contribution is 5.53. The number of benzene rings is 1. The summed E-state index contributed by atoms with van der Waals surface area (Å²) in [5.41, 5.74) is 1.97. The monoisotopic (exact) mass is 256 g/mol. The third-order valence-corrected chi connectivity index (χ3v) is 4.39. The summed E-state index contributed by atoms with van der Waals surface area (Å²) in [6.45, 7) is 4.34. The Morgan fingerprint density at radius 2 is 2.00 bits per heavy atom. The average Bonchev–Trinajstić information content (AvgIpc) is 2.44. The van der Waals surface area contributed by atoms with Crippen molar-refractivity contribution in [1.82, 2.24) is 0 Å². The number of nitriles is 1. The van der Waals surface area contributed by atoms with Gasteiger partial charge in [0.15, 0.2) is 0 Å². The smallest absolute Gasteiger partial charge is 0.125 e. The first-order valence-corrected chi connectivity index (χ1v) is 7.44. The zero-order chi connectivity index (χ0) is 13.7. The van der Waals surface area contributed by atoms with Gasteiger partial charge in [0.25, 0.3) is 0 Å². The van der Waals surface area contributed by atoms with Gasteiger partial charge in [-0.05, 0) is 50.2 Å². The van der Waals surface area contributed by atoms with Crippen LogP contribution in [-0.4, -0.2) is 5.54 Å². The molecule has 1 N–H and O–H groups in total. The molecule has 0 heterocycles. The fourth-order valence-corrected chi connectivity index (χ4v) is 3.10. The van der Waals surface area contributed by atoms with E-state index in [1.807, 2.05) is 12.1 Å². The van der Waals surface area contributed by atoms with Gasteiger partial charge in [-0.1, -0.05) is 38.0 Å². The van der Waals surface area contributed by atoms with E-state index < -0.39 is 0 Å². The SMILES string of the molecule is CCCC1CCC(C#N)(Nc2ccccc2C)CC1. The Labute approximate surface area is 116 Å². The maximum atomic E-state index is 9.60. The van der Waals surface area contributed by atoms with Crippen LogP contribution in [-0.2, 0) is 0 Å². The summed E-state index contributed by atoms with van der Waals surface area (Å²) < 4.78 is 0. The van der Waals surface area contributed by atoms with Gasteiger partial charge in [-0.2, -0.15) is 5.26 Å². The molecule has 0 radical (unpaired) electrons. The van der Waals surface area contributed by atoms with Gasteiger partial charge in [0.1, 0.15) is 5.54 Å². The third-order valence-electron chi connectivity index (χ3n) is 4.39. The van der Waals surface area contributed by atoms with Gasteiger partial charge in [0, 0.05) is 5.69 Å². The molecule has 0 unspecified atom stereocenters. The molecule has 0 saturated heterocycles. The number of anilines is 1. The Morgan fingerprint density at radius 1 is 1.32 bits per heavy atom. The van der Waals surface area contributed by atoms with Crippen LogP contribution >= 0.6 is 0 Å². The van der Waals surface area contributed by atoms with Crippen LogP contribution in [0.4, 0.5) is 5.69 Å². The van der Waals surface area contributed by atoms with E-state index in [1.54, 1.807) is 0 Å². The number of para-hydroxylation sites is 1. The minimum Gasteiger partial charge on any atom is -0.367 e. The predicted octanol–water partition coefficient (Wildman–Crippen LogP) is 4.66. The second-order valence-corrected chi connectivity index (χ2v) is 5.87. The van der Waals surface area contributed by atoms with Crippen LogP contribution in [0, 0.1) is 24.2 Å². The fourth-order valence-electron chi connectivity index (χ4n) is 3.10. The summed E-state index contributed by atoms with van der Waals surface area (Å²) in [5.74, 6) is 0.824. The van der Waals surface area contributed by atoms with Crippen molar-refractivity contribution in [2.24, 2.45) is 5.92 Å². The largest absolute Gasteiger partial charge is 0.367 e. The maximum Gasteiger partial charge on any atom is 0.125 e. The van der Waals surface area contributed by atoms with Gasteiger partial charge in [0.05, 0.1) is 6.07 Å². The van der Waals surface area contributed by atoms with Crippen LogP contribution in [0.25, 0.3) is 0 Å². The quantitative estimate of drug-likeness (QED) is 0.850. The van der Waals surface area contributed by atoms with Crippen LogP contribution in [0.3, 0.4) is 0 Å². The molecule has 0 aliphatic heterocycles. The molecule has 1 fully saturated rings. The Kier molecular flexibility index (Phi) is 4.47. The van der Waals surface area contributed by atoms with E-state index in [0.29, 0.717) is 0 Å². The Hall–Kier alpha value is -1.49. The number of aryl methyl sites for hydroxylation is 1. The lowest BCUT2D eigenvalue weighted by molar-refractivity contribution is 0.282. The van der Waals surface area contributed by atoms with Crippen molar-refractivity contribution in [3.63, 3.8) is 0 Å². The van der Waals surface area contributed by atoms with E-state index in [2.05, 4.69) is 37.4 Å². The lowest BCUT2D eigenvalue weighted by Crippen LogP contribution is -2.40. The molecule has 0 spiro atoms. The minimum atomic E-state index is -0.351. The van der Waals surface area contributed by atoms with Crippen LogP contribution in [0.2, 0.25) is 0 Å². The first kappa shape index (κ1) is 13.9. The maximum absolute atomic E-state index is 9.60. The highest BCUT2D eigenvalue weighted by Gasteiger charge is 2.35. The van der Waals surface area contributed by atoms with Crippen molar-refractivity contribution in [2.75, 3.05) is 5.32 Å². The molecule has 2 nitrogen and oxygen atoms in total. The van der Waals surface area contributed by atoms with Crippen LogP contribution < -0.4 is 5.32 Å². The van der Waals surface area contributed by atoms with Crippen molar-refractivity contribution in [2.45, 2.75) is 57.9 Å². The molecule has 0 atom stereocenters. The highest BCUT2D eigenvalue weighted by atomic mass is 15.0. The van der Waals surface area contributed by atoms with Gasteiger partial charge in [-0.3, -0.25) is 0 Å². The standard InChI is InChI=1S/C17H24N2/c1-3-6-15-9-11-17(13-18,12-10-15)19-16-8-5-4-7-14(16)2/h4-5,7-8,15,19H,3,6,9-12H2,1-2H3. The number of hydrogen-bond donors (Lipinski definition) is 1.